The molecule has 6 heteroatoms. The van der Waals surface area contributed by atoms with Crippen molar-refractivity contribution in [2.75, 3.05) is 18.8 Å². The van der Waals surface area contributed by atoms with Crippen LogP contribution in [0.25, 0.3) is 0 Å². The largest absolute Gasteiger partial charge is 0.481 e. The number of benzene rings is 1. The number of hydrogen-bond acceptors (Lipinski definition) is 3. The highest BCUT2D eigenvalue weighted by Crippen LogP contribution is 2.27. The Hall–Kier alpha value is -1.01. The summed E-state index contributed by atoms with van der Waals surface area (Å²) in [5.41, 5.74) is 0. The second-order valence-corrected chi connectivity index (χ2v) is 7.04. The Kier molecular flexibility index (Phi) is 6.11. The van der Waals surface area contributed by atoms with Gasteiger partial charge in [0.2, 0.25) is 5.91 Å². The van der Waals surface area contributed by atoms with Crippen molar-refractivity contribution in [3.05, 3.63) is 28.7 Å². The number of aliphatic carboxylic acids is 1. The molecule has 1 saturated heterocycles. The average molecular weight is 372 g/mol. The Morgan fingerprint density at radius 3 is 2.86 bits per heavy atom. The maximum Gasteiger partial charge on any atom is 0.308 e. The molecule has 0 radical (unpaired) electrons. The maximum absolute atomic E-state index is 12.1. The standard InChI is InChI=1S/C15H18BrNO3S/c16-12-5-1-2-6-13(12)21-9-7-14(18)17-8-3-4-11(10-17)15(19)20/h1-2,5-6,11H,3-4,7-10H2,(H,19,20)/t11-/m0/s1. The third kappa shape index (κ3) is 4.74. The summed E-state index contributed by atoms with van der Waals surface area (Å²) in [5, 5.41) is 9.05. The SMILES string of the molecule is O=C(O)[C@H]1CCCN(C(=O)CCSc2ccccc2Br)C1. The Balaban J connectivity index is 1.79. The fraction of sp³-hybridized carbons (Fsp3) is 0.467. The number of halogens is 1. The summed E-state index contributed by atoms with van der Waals surface area (Å²) >= 11 is 5.12. The first kappa shape index (κ1) is 16.4. The fourth-order valence-corrected chi connectivity index (χ4v) is 3.88. The van der Waals surface area contributed by atoms with E-state index >= 15 is 0 Å². The van der Waals surface area contributed by atoms with Crippen molar-refractivity contribution in [2.45, 2.75) is 24.2 Å². The molecule has 114 valence electrons. The zero-order chi connectivity index (χ0) is 15.2. The van der Waals surface area contributed by atoms with Crippen LogP contribution < -0.4 is 0 Å². The summed E-state index contributed by atoms with van der Waals surface area (Å²) < 4.78 is 1.03. The quantitative estimate of drug-likeness (QED) is 0.807. The number of amides is 1. The molecule has 21 heavy (non-hydrogen) atoms. The highest BCUT2D eigenvalue weighted by atomic mass is 79.9. The summed E-state index contributed by atoms with van der Waals surface area (Å²) in [6.45, 7) is 1.04. The van der Waals surface area contributed by atoms with Crippen LogP contribution in [0.2, 0.25) is 0 Å². The molecular weight excluding hydrogens is 354 g/mol. The molecule has 0 spiro atoms. The molecule has 0 saturated carbocycles. The summed E-state index contributed by atoms with van der Waals surface area (Å²) in [6, 6.07) is 7.92. The first-order chi connectivity index (χ1) is 10.1. The topological polar surface area (TPSA) is 57.6 Å². The third-order valence-electron chi connectivity index (χ3n) is 3.53. The first-order valence-corrected chi connectivity index (χ1v) is 8.73. The number of nitrogens with zero attached hydrogens (tertiary/aromatic N) is 1. The number of rotatable bonds is 5. The second kappa shape index (κ2) is 7.84. The van der Waals surface area contributed by atoms with Crippen molar-refractivity contribution in [1.82, 2.24) is 4.90 Å². The van der Waals surface area contributed by atoms with E-state index in [1.807, 2.05) is 24.3 Å². The van der Waals surface area contributed by atoms with E-state index in [1.165, 1.54) is 0 Å². The summed E-state index contributed by atoms with van der Waals surface area (Å²) in [4.78, 5) is 26.0. The summed E-state index contributed by atoms with van der Waals surface area (Å²) in [7, 11) is 0. The van der Waals surface area contributed by atoms with Gasteiger partial charge in [-0.2, -0.15) is 0 Å². The van der Waals surface area contributed by atoms with Gasteiger partial charge in [-0.05, 0) is 40.9 Å². The van der Waals surface area contributed by atoms with Crippen LogP contribution in [-0.2, 0) is 9.59 Å². The monoisotopic (exact) mass is 371 g/mol. The lowest BCUT2D eigenvalue weighted by molar-refractivity contribution is -0.145. The minimum absolute atomic E-state index is 0.0560. The Morgan fingerprint density at radius 2 is 2.14 bits per heavy atom. The molecule has 1 aliphatic heterocycles. The van der Waals surface area contributed by atoms with Crippen LogP contribution >= 0.6 is 27.7 Å². The van der Waals surface area contributed by atoms with Crippen LogP contribution in [0.1, 0.15) is 19.3 Å². The van der Waals surface area contributed by atoms with Gasteiger partial charge in [-0.15, -0.1) is 11.8 Å². The van der Waals surface area contributed by atoms with Gasteiger partial charge in [-0.1, -0.05) is 12.1 Å². The molecule has 1 atom stereocenters. The van der Waals surface area contributed by atoms with Crippen molar-refractivity contribution in [3.8, 4) is 0 Å². The lowest BCUT2D eigenvalue weighted by atomic mass is 9.98. The van der Waals surface area contributed by atoms with Gasteiger partial charge in [0, 0.05) is 34.6 Å². The highest BCUT2D eigenvalue weighted by Gasteiger charge is 2.27. The van der Waals surface area contributed by atoms with Crippen LogP contribution in [0.15, 0.2) is 33.6 Å². The number of thioether (sulfide) groups is 1. The molecule has 0 aliphatic carbocycles. The van der Waals surface area contributed by atoms with Gasteiger partial charge in [0.25, 0.3) is 0 Å². The number of carboxylic acid groups (broad SMARTS) is 1. The predicted molar refractivity (Wildman–Crippen MR) is 86.4 cm³/mol. The number of carbonyl (C=O) groups is 2. The van der Waals surface area contributed by atoms with E-state index in [1.54, 1.807) is 16.7 Å². The molecule has 1 aromatic carbocycles. The molecule has 1 heterocycles. The van der Waals surface area contributed by atoms with Crippen molar-refractivity contribution >= 4 is 39.6 Å². The van der Waals surface area contributed by atoms with Crippen molar-refractivity contribution < 1.29 is 14.7 Å². The van der Waals surface area contributed by atoms with E-state index in [9.17, 15) is 9.59 Å². The molecule has 0 unspecified atom stereocenters. The van der Waals surface area contributed by atoms with Gasteiger partial charge in [0.1, 0.15) is 0 Å². The van der Waals surface area contributed by atoms with Gasteiger partial charge in [0.05, 0.1) is 5.92 Å². The van der Waals surface area contributed by atoms with E-state index in [4.69, 9.17) is 5.11 Å². The lowest BCUT2D eigenvalue weighted by Crippen LogP contribution is -2.42. The fourth-order valence-electron chi connectivity index (χ4n) is 2.37. The van der Waals surface area contributed by atoms with Crippen molar-refractivity contribution in [3.63, 3.8) is 0 Å². The molecule has 1 aliphatic rings. The predicted octanol–water partition coefficient (Wildman–Crippen LogP) is 3.25. The highest BCUT2D eigenvalue weighted by molar-refractivity contribution is 9.10. The number of hydrogen-bond donors (Lipinski definition) is 1. The van der Waals surface area contributed by atoms with Gasteiger partial charge in [-0.25, -0.2) is 0 Å². The van der Waals surface area contributed by atoms with Gasteiger partial charge in [0.15, 0.2) is 0 Å². The van der Waals surface area contributed by atoms with Gasteiger partial charge in [-0.3, -0.25) is 9.59 Å². The van der Waals surface area contributed by atoms with Crippen LogP contribution in [0.5, 0.6) is 0 Å². The molecule has 1 N–H and O–H groups in total. The van der Waals surface area contributed by atoms with E-state index in [0.29, 0.717) is 31.7 Å². The minimum atomic E-state index is -0.796. The van der Waals surface area contributed by atoms with Crippen LogP contribution in [0.3, 0.4) is 0 Å². The van der Waals surface area contributed by atoms with Crippen LogP contribution in [-0.4, -0.2) is 40.7 Å². The van der Waals surface area contributed by atoms with Gasteiger partial charge < -0.3 is 10.0 Å². The zero-order valence-corrected chi connectivity index (χ0v) is 14.0. The summed E-state index contributed by atoms with van der Waals surface area (Å²) in [5.74, 6) is -0.440. The third-order valence-corrected chi connectivity index (χ3v) is 5.56. The molecule has 2 rings (SSSR count). The van der Waals surface area contributed by atoms with Crippen molar-refractivity contribution in [1.29, 1.82) is 0 Å². The lowest BCUT2D eigenvalue weighted by Gasteiger charge is -2.30. The molecule has 1 aromatic rings. The van der Waals surface area contributed by atoms with E-state index in [-0.39, 0.29) is 5.91 Å². The smallest absolute Gasteiger partial charge is 0.308 e. The van der Waals surface area contributed by atoms with Crippen LogP contribution in [0, 0.1) is 5.92 Å². The molecule has 0 bridgehead atoms. The second-order valence-electron chi connectivity index (χ2n) is 5.05. The number of carboxylic acids is 1. The van der Waals surface area contributed by atoms with E-state index in [0.717, 1.165) is 15.8 Å². The Morgan fingerprint density at radius 1 is 1.38 bits per heavy atom. The van der Waals surface area contributed by atoms with E-state index in [2.05, 4.69) is 15.9 Å². The molecular formula is C15H18BrNO3S. The van der Waals surface area contributed by atoms with E-state index < -0.39 is 11.9 Å². The normalized spacial score (nSPS) is 18.5. The number of piperidine rings is 1. The Labute approximate surface area is 137 Å². The molecule has 1 amide bonds. The zero-order valence-electron chi connectivity index (χ0n) is 11.6. The molecule has 0 aromatic heterocycles. The van der Waals surface area contributed by atoms with Crippen molar-refractivity contribution in [2.24, 2.45) is 5.92 Å². The maximum atomic E-state index is 12.1. The summed E-state index contributed by atoms with van der Waals surface area (Å²) in [6.07, 6.45) is 1.89. The Bertz CT molecular complexity index is 523. The number of likely N-dealkylation sites (tertiary alicyclic amines) is 1. The van der Waals surface area contributed by atoms with Crippen LogP contribution in [0.4, 0.5) is 0 Å². The minimum Gasteiger partial charge on any atom is -0.481 e. The molecule has 4 nitrogen and oxygen atoms in total. The average Bonchev–Trinajstić information content (AvgIpc) is 2.49. The molecule has 1 fully saturated rings. The first-order valence-electron chi connectivity index (χ1n) is 6.96. The number of carbonyl (C=O) groups excluding carboxylic acids is 1. The van der Waals surface area contributed by atoms with Gasteiger partial charge >= 0.3 is 5.97 Å².